The molecule has 2 aromatic carbocycles. The van der Waals surface area contributed by atoms with E-state index in [1.165, 1.54) is 5.56 Å². The predicted molar refractivity (Wildman–Crippen MR) is 100 cm³/mol. The fourth-order valence-electron chi connectivity index (χ4n) is 2.52. The van der Waals surface area contributed by atoms with Crippen LogP contribution in [0.25, 0.3) is 0 Å². The van der Waals surface area contributed by atoms with Gasteiger partial charge in [0.15, 0.2) is 0 Å². The number of carbonyl (C=O) groups is 1. The highest BCUT2D eigenvalue weighted by molar-refractivity contribution is 7.98. The Kier molecular flexibility index (Phi) is 6.28. The van der Waals surface area contributed by atoms with E-state index in [2.05, 4.69) is 43.4 Å². The molecule has 0 aromatic heterocycles. The van der Waals surface area contributed by atoms with Crippen molar-refractivity contribution in [3.05, 3.63) is 59.7 Å². The first-order valence-corrected chi connectivity index (χ1v) is 9.26. The minimum absolute atomic E-state index is 0.0277. The van der Waals surface area contributed by atoms with Crippen LogP contribution in [0, 0.1) is 5.92 Å². The van der Waals surface area contributed by atoms with Gasteiger partial charge in [0.1, 0.15) is 0 Å². The van der Waals surface area contributed by atoms with E-state index in [1.807, 2.05) is 37.4 Å². The quantitative estimate of drug-likeness (QED) is 0.725. The molecule has 0 aliphatic carbocycles. The lowest BCUT2D eigenvalue weighted by Crippen LogP contribution is -2.18. The Labute approximate surface area is 143 Å². The van der Waals surface area contributed by atoms with Gasteiger partial charge in [0.05, 0.1) is 5.92 Å². The molecule has 0 saturated heterocycles. The van der Waals surface area contributed by atoms with E-state index in [1.54, 1.807) is 11.8 Å². The number of rotatable bonds is 6. The Bertz CT molecular complexity index is 649. The molecule has 0 bridgehead atoms. The summed E-state index contributed by atoms with van der Waals surface area (Å²) in [4.78, 5) is 13.6. The molecule has 0 radical (unpaired) electrons. The molecule has 0 saturated carbocycles. The Morgan fingerprint density at radius 2 is 1.78 bits per heavy atom. The molecule has 0 unspecified atom stereocenters. The van der Waals surface area contributed by atoms with Crippen molar-refractivity contribution < 1.29 is 4.79 Å². The van der Waals surface area contributed by atoms with Crippen molar-refractivity contribution in [3.8, 4) is 0 Å². The number of amides is 1. The van der Waals surface area contributed by atoms with Gasteiger partial charge in [0, 0.05) is 10.6 Å². The normalized spacial score (nSPS) is 12.2. The first-order chi connectivity index (χ1) is 11.0. The third-order valence-electron chi connectivity index (χ3n) is 3.85. The number of hydrogen-bond donors (Lipinski definition) is 1. The molecule has 23 heavy (non-hydrogen) atoms. The molecule has 1 N–H and O–H groups in total. The summed E-state index contributed by atoms with van der Waals surface area (Å²) in [6, 6.07) is 16.3. The fourth-order valence-corrected chi connectivity index (χ4v) is 2.98. The zero-order chi connectivity index (χ0) is 16.8. The summed E-state index contributed by atoms with van der Waals surface area (Å²) >= 11 is 1.67. The average Bonchev–Trinajstić information content (AvgIpc) is 2.54. The van der Waals surface area contributed by atoms with Crippen LogP contribution in [0.5, 0.6) is 0 Å². The molecule has 1 atom stereocenters. The molecular formula is C20H25NOS. The minimum atomic E-state index is -0.166. The van der Waals surface area contributed by atoms with E-state index in [4.69, 9.17) is 0 Å². The van der Waals surface area contributed by atoms with E-state index >= 15 is 0 Å². The summed E-state index contributed by atoms with van der Waals surface area (Å²) in [5.41, 5.74) is 3.23. The molecule has 2 nitrogen and oxygen atoms in total. The maximum Gasteiger partial charge on any atom is 0.231 e. The Morgan fingerprint density at radius 3 is 2.39 bits per heavy atom. The second-order valence-corrected chi connectivity index (χ2v) is 7.16. The van der Waals surface area contributed by atoms with Gasteiger partial charge < -0.3 is 5.32 Å². The van der Waals surface area contributed by atoms with Gasteiger partial charge >= 0.3 is 0 Å². The third kappa shape index (κ3) is 5.14. The number of anilines is 1. The molecule has 2 aromatic rings. The van der Waals surface area contributed by atoms with Gasteiger partial charge in [-0.1, -0.05) is 44.2 Å². The SMILES string of the molecule is CSc1cccc(NC(=O)[C@H](C)c2ccc(CC(C)C)cc2)c1. The van der Waals surface area contributed by atoms with Crippen molar-refractivity contribution in [1.82, 2.24) is 0 Å². The molecule has 0 aliphatic rings. The number of carbonyl (C=O) groups excluding carboxylic acids is 1. The second-order valence-electron chi connectivity index (χ2n) is 6.28. The summed E-state index contributed by atoms with van der Waals surface area (Å²) in [6.07, 6.45) is 3.10. The van der Waals surface area contributed by atoms with Gasteiger partial charge in [-0.15, -0.1) is 11.8 Å². The van der Waals surface area contributed by atoms with Crippen molar-refractivity contribution in [2.24, 2.45) is 5.92 Å². The average molecular weight is 327 g/mol. The molecule has 122 valence electrons. The van der Waals surface area contributed by atoms with Crippen LogP contribution in [0.3, 0.4) is 0 Å². The van der Waals surface area contributed by atoms with E-state index < -0.39 is 0 Å². The Morgan fingerprint density at radius 1 is 1.09 bits per heavy atom. The minimum Gasteiger partial charge on any atom is -0.326 e. The zero-order valence-corrected chi connectivity index (χ0v) is 15.1. The Hall–Kier alpha value is -1.74. The van der Waals surface area contributed by atoms with Crippen LogP contribution in [0.2, 0.25) is 0 Å². The largest absolute Gasteiger partial charge is 0.326 e. The molecule has 0 spiro atoms. The summed E-state index contributed by atoms with van der Waals surface area (Å²) in [7, 11) is 0. The Balaban J connectivity index is 2.03. The highest BCUT2D eigenvalue weighted by Crippen LogP contribution is 2.22. The molecule has 1 amide bonds. The maximum absolute atomic E-state index is 12.5. The highest BCUT2D eigenvalue weighted by Gasteiger charge is 2.15. The van der Waals surface area contributed by atoms with Crippen LogP contribution in [-0.2, 0) is 11.2 Å². The lowest BCUT2D eigenvalue weighted by Gasteiger charge is -2.14. The highest BCUT2D eigenvalue weighted by atomic mass is 32.2. The van der Waals surface area contributed by atoms with E-state index in [-0.39, 0.29) is 11.8 Å². The lowest BCUT2D eigenvalue weighted by molar-refractivity contribution is -0.117. The monoisotopic (exact) mass is 327 g/mol. The van der Waals surface area contributed by atoms with Crippen LogP contribution in [-0.4, -0.2) is 12.2 Å². The van der Waals surface area contributed by atoms with E-state index in [0.29, 0.717) is 5.92 Å². The van der Waals surface area contributed by atoms with Crippen molar-refractivity contribution in [2.75, 3.05) is 11.6 Å². The first-order valence-electron chi connectivity index (χ1n) is 8.03. The third-order valence-corrected chi connectivity index (χ3v) is 4.58. The van der Waals surface area contributed by atoms with Crippen LogP contribution >= 0.6 is 11.8 Å². The zero-order valence-electron chi connectivity index (χ0n) is 14.3. The second kappa shape index (κ2) is 8.21. The number of thioether (sulfide) groups is 1. The first kappa shape index (κ1) is 17.6. The van der Waals surface area contributed by atoms with E-state index in [9.17, 15) is 4.79 Å². The van der Waals surface area contributed by atoms with Gasteiger partial charge in [-0.2, -0.15) is 0 Å². The van der Waals surface area contributed by atoms with Crippen LogP contribution < -0.4 is 5.32 Å². The predicted octanol–water partition coefficient (Wildman–Crippen LogP) is 5.35. The number of nitrogens with one attached hydrogen (secondary N) is 1. The molecule has 3 heteroatoms. The van der Waals surface area contributed by atoms with Crippen LogP contribution in [0.15, 0.2) is 53.4 Å². The summed E-state index contributed by atoms with van der Waals surface area (Å²) < 4.78 is 0. The molecular weight excluding hydrogens is 302 g/mol. The molecule has 2 rings (SSSR count). The standard InChI is InChI=1S/C20H25NOS/c1-14(2)12-16-8-10-17(11-9-16)15(3)20(22)21-18-6-5-7-19(13-18)23-4/h5-11,13-15H,12H2,1-4H3,(H,21,22)/t15-/m1/s1. The van der Waals surface area contributed by atoms with E-state index in [0.717, 1.165) is 22.6 Å². The maximum atomic E-state index is 12.5. The van der Waals surface area contributed by atoms with Crippen molar-refractivity contribution in [2.45, 2.75) is 38.0 Å². The molecule has 0 aliphatic heterocycles. The topological polar surface area (TPSA) is 29.1 Å². The summed E-state index contributed by atoms with van der Waals surface area (Å²) in [6.45, 7) is 6.38. The van der Waals surface area contributed by atoms with Crippen LogP contribution in [0.4, 0.5) is 5.69 Å². The van der Waals surface area contributed by atoms with Crippen molar-refractivity contribution in [3.63, 3.8) is 0 Å². The van der Waals surface area contributed by atoms with Crippen molar-refractivity contribution in [1.29, 1.82) is 0 Å². The molecule has 0 heterocycles. The van der Waals surface area contributed by atoms with Gasteiger partial charge in [0.2, 0.25) is 5.91 Å². The fraction of sp³-hybridized carbons (Fsp3) is 0.350. The van der Waals surface area contributed by atoms with Gasteiger partial charge in [-0.3, -0.25) is 4.79 Å². The van der Waals surface area contributed by atoms with Crippen LogP contribution in [0.1, 0.15) is 37.8 Å². The van der Waals surface area contributed by atoms with Gasteiger partial charge in [0.25, 0.3) is 0 Å². The summed E-state index contributed by atoms with van der Waals surface area (Å²) in [5, 5.41) is 3.01. The smallest absolute Gasteiger partial charge is 0.231 e. The van der Waals surface area contributed by atoms with Gasteiger partial charge in [-0.05, 0) is 54.8 Å². The number of hydrogen-bond acceptors (Lipinski definition) is 2. The van der Waals surface area contributed by atoms with Crippen molar-refractivity contribution >= 4 is 23.4 Å². The molecule has 0 fully saturated rings. The summed E-state index contributed by atoms with van der Waals surface area (Å²) in [5.74, 6) is 0.506. The van der Waals surface area contributed by atoms with Gasteiger partial charge in [-0.25, -0.2) is 0 Å². The number of benzene rings is 2. The lowest BCUT2D eigenvalue weighted by atomic mass is 9.96.